The minimum Gasteiger partial charge on any atom is -0.481 e. The molecule has 0 aliphatic heterocycles. The van der Waals surface area contributed by atoms with Gasteiger partial charge in [0.15, 0.2) is 0 Å². The molecule has 108 valence electrons. The minimum absolute atomic E-state index is 0.0784. The molecule has 0 rings (SSSR count). The van der Waals surface area contributed by atoms with Gasteiger partial charge in [-0.25, -0.2) is 4.79 Å². The van der Waals surface area contributed by atoms with E-state index in [-0.39, 0.29) is 24.4 Å². The largest absolute Gasteiger partial charge is 0.481 e. The van der Waals surface area contributed by atoms with Crippen molar-refractivity contribution in [3.05, 3.63) is 0 Å². The molecule has 0 spiro atoms. The summed E-state index contributed by atoms with van der Waals surface area (Å²) >= 11 is 0. The maximum absolute atomic E-state index is 12.3. The van der Waals surface area contributed by atoms with Gasteiger partial charge in [-0.1, -0.05) is 0 Å². The van der Waals surface area contributed by atoms with Crippen molar-refractivity contribution < 1.29 is 14.7 Å². The number of nitrogens with zero attached hydrogens (tertiary/aromatic N) is 3. The second-order valence-corrected chi connectivity index (χ2v) is 4.58. The van der Waals surface area contributed by atoms with Crippen LogP contribution in [0.4, 0.5) is 4.79 Å². The second-order valence-electron chi connectivity index (χ2n) is 4.58. The van der Waals surface area contributed by atoms with E-state index in [0.717, 1.165) is 0 Å². The number of hydrogen-bond acceptors (Lipinski definition) is 3. The van der Waals surface area contributed by atoms with Crippen LogP contribution in [0.3, 0.4) is 0 Å². The van der Waals surface area contributed by atoms with Gasteiger partial charge in [0, 0.05) is 25.7 Å². The third kappa shape index (κ3) is 5.60. The van der Waals surface area contributed by atoms with E-state index < -0.39 is 5.97 Å². The highest BCUT2D eigenvalue weighted by Gasteiger charge is 2.25. The lowest BCUT2D eigenvalue weighted by Crippen LogP contribution is -2.48. The van der Waals surface area contributed by atoms with Crippen molar-refractivity contribution in [1.82, 2.24) is 9.80 Å². The number of carbonyl (C=O) groups excluding carboxylic acids is 1. The predicted octanol–water partition coefficient (Wildman–Crippen LogP) is 1.77. The predicted molar refractivity (Wildman–Crippen MR) is 71.5 cm³/mol. The van der Waals surface area contributed by atoms with Crippen molar-refractivity contribution >= 4 is 12.0 Å². The van der Waals surface area contributed by atoms with Gasteiger partial charge in [-0.05, 0) is 27.7 Å². The van der Waals surface area contributed by atoms with Crippen LogP contribution in [0, 0.1) is 17.2 Å². The maximum Gasteiger partial charge on any atom is 0.320 e. The first kappa shape index (κ1) is 17.2. The van der Waals surface area contributed by atoms with Gasteiger partial charge in [0.1, 0.15) is 0 Å². The van der Waals surface area contributed by atoms with Gasteiger partial charge < -0.3 is 14.9 Å². The van der Waals surface area contributed by atoms with E-state index in [2.05, 4.69) is 6.07 Å². The molecule has 0 aromatic carbocycles. The summed E-state index contributed by atoms with van der Waals surface area (Å²) in [4.78, 5) is 26.2. The lowest BCUT2D eigenvalue weighted by atomic mass is 10.2. The van der Waals surface area contributed by atoms with Crippen molar-refractivity contribution in [2.75, 3.05) is 19.6 Å². The summed E-state index contributed by atoms with van der Waals surface area (Å²) in [7, 11) is 0. The number of carboxylic acid groups (broad SMARTS) is 1. The Kier molecular flexibility index (Phi) is 7.57. The van der Waals surface area contributed by atoms with Crippen LogP contribution in [-0.4, -0.2) is 52.6 Å². The summed E-state index contributed by atoms with van der Waals surface area (Å²) in [5, 5.41) is 17.6. The van der Waals surface area contributed by atoms with Gasteiger partial charge >= 0.3 is 12.0 Å². The van der Waals surface area contributed by atoms with Crippen molar-refractivity contribution in [2.45, 2.75) is 40.2 Å². The number of amides is 2. The Morgan fingerprint density at radius 3 is 2.21 bits per heavy atom. The molecule has 0 aromatic rings. The minimum atomic E-state index is -0.924. The monoisotopic (exact) mass is 269 g/mol. The molecule has 0 fully saturated rings. The smallest absolute Gasteiger partial charge is 0.320 e. The molecule has 0 aliphatic rings. The zero-order valence-corrected chi connectivity index (χ0v) is 12.1. The van der Waals surface area contributed by atoms with Crippen LogP contribution in [-0.2, 0) is 4.79 Å². The van der Waals surface area contributed by atoms with Crippen LogP contribution < -0.4 is 0 Å². The van der Waals surface area contributed by atoms with Crippen LogP contribution in [0.1, 0.15) is 34.1 Å². The summed E-state index contributed by atoms with van der Waals surface area (Å²) in [6.45, 7) is 8.45. The highest BCUT2D eigenvalue weighted by molar-refractivity contribution is 5.76. The zero-order chi connectivity index (χ0) is 15.0. The normalized spacial score (nSPS) is 13.2. The maximum atomic E-state index is 12.3. The molecular formula is C13H23N3O3. The Bertz CT molecular complexity index is 352. The number of rotatable bonds is 7. The average molecular weight is 269 g/mol. The van der Waals surface area contributed by atoms with Crippen molar-refractivity contribution in [2.24, 2.45) is 5.92 Å². The molecule has 6 heteroatoms. The summed E-state index contributed by atoms with van der Waals surface area (Å²) < 4.78 is 0. The molecule has 2 unspecified atom stereocenters. The van der Waals surface area contributed by atoms with Gasteiger partial charge in [0.05, 0.1) is 18.4 Å². The van der Waals surface area contributed by atoms with Crippen LogP contribution in [0.25, 0.3) is 0 Å². The summed E-state index contributed by atoms with van der Waals surface area (Å²) in [5.41, 5.74) is 0. The lowest BCUT2D eigenvalue weighted by Gasteiger charge is -2.33. The lowest BCUT2D eigenvalue weighted by molar-refractivity contribution is -0.138. The molecule has 0 saturated heterocycles. The van der Waals surface area contributed by atoms with Crippen molar-refractivity contribution in [3.63, 3.8) is 0 Å². The topological polar surface area (TPSA) is 84.6 Å². The molecular weight excluding hydrogens is 246 g/mol. The number of urea groups is 1. The highest BCUT2D eigenvalue weighted by Crippen LogP contribution is 2.10. The third-order valence-electron chi connectivity index (χ3n) is 2.96. The first-order valence-electron chi connectivity index (χ1n) is 6.54. The molecule has 1 N–H and O–H groups in total. The summed E-state index contributed by atoms with van der Waals surface area (Å²) in [6, 6.07) is 1.53. The standard InChI is InChI=1S/C13H23N3O3/c1-5-15(9-10(3)8-14)13(19)16(6-2)11(4)7-12(17)18/h10-11H,5-7,9H2,1-4H3,(H,17,18). The zero-order valence-electron chi connectivity index (χ0n) is 12.1. The average Bonchev–Trinajstić information content (AvgIpc) is 2.35. The highest BCUT2D eigenvalue weighted by atomic mass is 16.4. The molecule has 2 amide bonds. The fourth-order valence-electron chi connectivity index (χ4n) is 1.89. The number of hydrogen-bond donors (Lipinski definition) is 1. The van der Waals surface area contributed by atoms with Crippen molar-refractivity contribution in [3.8, 4) is 6.07 Å². The fourth-order valence-corrected chi connectivity index (χ4v) is 1.89. The Morgan fingerprint density at radius 1 is 1.26 bits per heavy atom. The number of nitriles is 1. The number of carbonyl (C=O) groups is 2. The van der Waals surface area contributed by atoms with E-state index in [4.69, 9.17) is 10.4 Å². The summed E-state index contributed by atoms with van der Waals surface area (Å²) in [6.07, 6.45) is -0.0784. The van der Waals surface area contributed by atoms with E-state index >= 15 is 0 Å². The molecule has 0 radical (unpaired) electrons. The molecule has 0 saturated carbocycles. The Morgan fingerprint density at radius 2 is 1.84 bits per heavy atom. The van der Waals surface area contributed by atoms with Gasteiger partial charge in [-0.3, -0.25) is 4.79 Å². The quantitative estimate of drug-likeness (QED) is 0.763. The van der Waals surface area contributed by atoms with Gasteiger partial charge in [0.2, 0.25) is 0 Å². The molecule has 0 bridgehead atoms. The second kappa shape index (κ2) is 8.35. The number of aliphatic carboxylic acids is 1. The Hall–Kier alpha value is -1.77. The van der Waals surface area contributed by atoms with E-state index in [1.54, 1.807) is 18.7 Å². The van der Waals surface area contributed by atoms with Crippen LogP contribution in [0.5, 0.6) is 0 Å². The SMILES string of the molecule is CCN(CC(C)C#N)C(=O)N(CC)C(C)CC(=O)O. The van der Waals surface area contributed by atoms with Crippen LogP contribution in [0.2, 0.25) is 0 Å². The van der Waals surface area contributed by atoms with Crippen LogP contribution in [0.15, 0.2) is 0 Å². The Balaban J connectivity index is 4.79. The molecule has 0 aromatic heterocycles. The van der Waals surface area contributed by atoms with E-state index in [9.17, 15) is 9.59 Å². The van der Waals surface area contributed by atoms with E-state index in [0.29, 0.717) is 19.6 Å². The molecule has 6 nitrogen and oxygen atoms in total. The number of carboxylic acids is 1. The Labute approximate surface area is 114 Å². The van der Waals surface area contributed by atoms with Crippen LogP contribution >= 0.6 is 0 Å². The van der Waals surface area contributed by atoms with Gasteiger partial charge in [-0.15, -0.1) is 0 Å². The van der Waals surface area contributed by atoms with E-state index in [1.807, 2.05) is 13.8 Å². The van der Waals surface area contributed by atoms with Gasteiger partial charge in [-0.2, -0.15) is 5.26 Å². The molecule has 0 heterocycles. The first-order chi connectivity index (χ1) is 8.87. The van der Waals surface area contributed by atoms with Crippen molar-refractivity contribution in [1.29, 1.82) is 5.26 Å². The summed E-state index contributed by atoms with van der Waals surface area (Å²) in [5.74, 6) is -1.16. The molecule has 2 atom stereocenters. The van der Waals surface area contributed by atoms with Gasteiger partial charge in [0.25, 0.3) is 0 Å². The molecule has 0 aliphatic carbocycles. The third-order valence-corrected chi connectivity index (χ3v) is 2.96. The fraction of sp³-hybridized carbons (Fsp3) is 0.769. The first-order valence-corrected chi connectivity index (χ1v) is 6.54. The van der Waals surface area contributed by atoms with E-state index in [1.165, 1.54) is 4.90 Å². The molecule has 19 heavy (non-hydrogen) atoms.